The molecule has 2 N–H and O–H groups in total. The number of aryl methyl sites for hydroxylation is 1. The van der Waals surface area contributed by atoms with Crippen LogP contribution < -0.4 is 5.32 Å². The van der Waals surface area contributed by atoms with E-state index < -0.39 is 19.9 Å². The Kier molecular flexibility index (Phi) is 6.35. The van der Waals surface area contributed by atoms with E-state index in [1.54, 1.807) is 36.5 Å². The zero-order valence-corrected chi connectivity index (χ0v) is 16.8. The largest absolute Gasteiger partial charge is 0.350 e. The second-order valence-electron chi connectivity index (χ2n) is 6.40. The van der Waals surface area contributed by atoms with Crippen molar-refractivity contribution in [2.24, 2.45) is 7.05 Å². The first kappa shape index (κ1) is 20.3. The summed E-state index contributed by atoms with van der Waals surface area (Å²) in [7, 11) is -1.07. The van der Waals surface area contributed by atoms with Crippen molar-refractivity contribution >= 4 is 42.5 Å². The van der Waals surface area contributed by atoms with Crippen molar-refractivity contribution in [1.82, 2.24) is 9.88 Å². The molecule has 0 fully saturated rings. The molecule has 0 radical (unpaired) electrons. The highest BCUT2D eigenvalue weighted by Gasteiger charge is 2.25. The van der Waals surface area contributed by atoms with Crippen LogP contribution >= 0.6 is 19.6 Å². The Hall–Kier alpha value is -2.40. The summed E-state index contributed by atoms with van der Waals surface area (Å²) < 4.78 is 26.6. The van der Waals surface area contributed by atoms with Gasteiger partial charge in [0.05, 0.1) is 5.92 Å². The minimum absolute atomic E-state index is 0.185. The molecule has 3 aromatic rings. The van der Waals surface area contributed by atoms with Gasteiger partial charge in [0, 0.05) is 41.5 Å². The van der Waals surface area contributed by atoms with Crippen molar-refractivity contribution in [3.05, 3.63) is 76.8 Å². The minimum atomic E-state index is -2.90. The predicted molar refractivity (Wildman–Crippen MR) is 110 cm³/mol. The van der Waals surface area contributed by atoms with Crippen LogP contribution in [0.2, 0.25) is 5.02 Å². The summed E-state index contributed by atoms with van der Waals surface area (Å²) in [5.41, 5.74) is 2.08. The summed E-state index contributed by atoms with van der Waals surface area (Å²) in [5.74, 6) is -1.62. The van der Waals surface area contributed by atoms with Crippen LogP contribution in [0, 0.1) is 5.82 Å². The highest BCUT2D eigenvalue weighted by molar-refractivity contribution is 7.38. The number of aromatic nitrogens is 1. The highest BCUT2D eigenvalue weighted by Crippen LogP contribution is 2.34. The molecule has 0 aliphatic rings. The van der Waals surface area contributed by atoms with E-state index in [0.29, 0.717) is 16.1 Å². The van der Waals surface area contributed by atoms with E-state index in [4.69, 9.17) is 11.6 Å². The van der Waals surface area contributed by atoms with Crippen molar-refractivity contribution in [2.45, 2.75) is 5.92 Å². The summed E-state index contributed by atoms with van der Waals surface area (Å²) in [6, 6.07) is 11.3. The standard InChI is InChI=1S/C20H19ClFN2O3P/c1-24-11-17(16-10-14(21)5-6-19(16)24)18(12-28(26)27)20(25)23-8-7-13-3-2-4-15(22)9-13/h2-11,18,28H,12H2,1H3,(H,23,25)(H,26,27)/b8-7+. The maximum absolute atomic E-state index is 13.2. The molecule has 2 aromatic carbocycles. The molecule has 2 unspecified atom stereocenters. The van der Waals surface area contributed by atoms with Crippen LogP contribution in [-0.2, 0) is 16.4 Å². The van der Waals surface area contributed by atoms with Gasteiger partial charge in [0.15, 0.2) is 8.03 Å². The molecular formula is C20H19ClFN2O3P. The first-order valence-corrected chi connectivity index (χ1v) is 10.5. The van der Waals surface area contributed by atoms with Gasteiger partial charge in [0.25, 0.3) is 0 Å². The van der Waals surface area contributed by atoms with Crippen LogP contribution in [0.15, 0.2) is 54.9 Å². The quantitative estimate of drug-likeness (QED) is 0.584. The van der Waals surface area contributed by atoms with Gasteiger partial charge in [0.2, 0.25) is 5.91 Å². The van der Waals surface area contributed by atoms with E-state index in [1.807, 2.05) is 17.7 Å². The fraction of sp³-hybridized carbons (Fsp3) is 0.150. The second-order valence-corrected chi connectivity index (χ2v) is 8.04. The number of amides is 1. The molecule has 1 aromatic heterocycles. The third-order valence-corrected chi connectivity index (χ3v) is 5.40. The Morgan fingerprint density at radius 3 is 2.86 bits per heavy atom. The average Bonchev–Trinajstić information content (AvgIpc) is 2.95. The fourth-order valence-electron chi connectivity index (χ4n) is 3.12. The van der Waals surface area contributed by atoms with E-state index in [0.717, 1.165) is 10.9 Å². The molecule has 1 amide bonds. The SMILES string of the molecule is Cn1cc(C(C[PH](=O)O)C(=O)N/C=C/c2cccc(F)c2)c2cc(Cl)ccc21. The lowest BCUT2D eigenvalue weighted by Gasteiger charge is -2.13. The van der Waals surface area contributed by atoms with Gasteiger partial charge in [-0.1, -0.05) is 23.7 Å². The Labute approximate surface area is 167 Å². The van der Waals surface area contributed by atoms with Crippen molar-refractivity contribution in [3.63, 3.8) is 0 Å². The van der Waals surface area contributed by atoms with Crippen molar-refractivity contribution in [2.75, 3.05) is 6.16 Å². The van der Waals surface area contributed by atoms with Gasteiger partial charge >= 0.3 is 0 Å². The molecule has 0 saturated heterocycles. The predicted octanol–water partition coefficient (Wildman–Crippen LogP) is 4.31. The molecule has 0 aliphatic heterocycles. The number of carbonyl (C=O) groups is 1. The molecule has 0 aliphatic carbocycles. The molecule has 5 nitrogen and oxygen atoms in total. The summed E-state index contributed by atoms with van der Waals surface area (Å²) in [6.45, 7) is 0. The summed E-state index contributed by atoms with van der Waals surface area (Å²) >= 11 is 6.10. The van der Waals surface area contributed by atoms with E-state index >= 15 is 0 Å². The number of rotatable bonds is 6. The maximum Gasteiger partial charge on any atom is 0.232 e. The Bertz CT molecular complexity index is 1080. The van der Waals surface area contributed by atoms with Crippen LogP contribution in [0.25, 0.3) is 17.0 Å². The Morgan fingerprint density at radius 1 is 1.36 bits per heavy atom. The number of nitrogens with zero attached hydrogens (tertiary/aromatic N) is 1. The Balaban J connectivity index is 1.89. The average molecular weight is 421 g/mol. The summed E-state index contributed by atoms with van der Waals surface area (Å²) in [5, 5.41) is 3.90. The molecular weight excluding hydrogens is 402 g/mol. The number of nitrogens with one attached hydrogen (secondary N) is 1. The first-order chi connectivity index (χ1) is 13.3. The van der Waals surface area contributed by atoms with Crippen molar-refractivity contribution in [1.29, 1.82) is 0 Å². The van der Waals surface area contributed by atoms with Crippen LogP contribution in [-0.4, -0.2) is 21.5 Å². The van der Waals surface area contributed by atoms with E-state index in [2.05, 4.69) is 5.32 Å². The molecule has 28 heavy (non-hydrogen) atoms. The lowest BCUT2D eigenvalue weighted by Crippen LogP contribution is -2.26. The molecule has 2 atom stereocenters. The van der Waals surface area contributed by atoms with E-state index in [1.165, 1.54) is 18.3 Å². The minimum Gasteiger partial charge on any atom is -0.350 e. The molecule has 0 spiro atoms. The van der Waals surface area contributed by atoms with Crippen LogP contribution in [0.4, 0.5) is 4.39 Å². The summed E-state index contributed by atoms with van der Waals surface area (Å²) in [4.78, 5) is 22.2. The molecule has 8 heteroatoms. The molecule has 0 saturated carbocycles. The summed E-state index contributed by atoms with van der Waals surface area (Å²) in [6.07, 6.45) is 4.54. The van der Waals surface area contributed by atoms with Gasteiger partial charge in [-0.3, -0.25) is 9.36 Å². The van der Waals surface area contributed by atoms with Gasteiger partial charge < -0.3 is 14.8 Å². The lowest BCUT2D eigenvalue weighted by molar-refractivity contribution is -0.121. The lowest BCUT2D eigenvalue weighted by atomic mass is 9.99. The zero-order valence-electron chi connectivity index (χ0n) is 15.0. The van der Waals surface area contributed by atoms with Crippen molar-refractivity contribution < 1.29 is 18.6 Å². The van der Waals surface area contributed by atoms with Crippen LogP contribution in [0.5, 0.6) is 0 Å². The number of halogens is 2. The molecule has 1 heterocycles. The maximum atomic E-state index is 13.2. The second kappa shape index (κ2) is 8.74. The topological polar surface area (TPSA) is 71.3 Å². The normalized spacial score (nSPS) is 13.7. The molecule has 0 bridgehead atoms. The highest BCUT2D eigenvalue weighted by atomic mass is 35.5. The number of hydrogen-bond donors (Lipinski definition) is 2. The van der Waals surface area contributed by atoms with Gasteiger partial charge in [-0.15, -0.1) is 0 Å². The fourth-order valence-corrected chi connectivity index (χ4v) is 4.05. The molecule has 3 rings (SSSR count). The van der Waals surface area contributed by atoms with Gasteiger partial charge in [-0.05, 0) is 47.5 Å². The number of hydrogen-bond acceptors (Lipinski definition) is 2. The number of carbonyl (C=O) groups excluding carboxylic acids is 1. The third kappa shape index (κ3) is 4.71. The first-order valence-electron chi connectivity index (χ1n) is 8.54. The van der Waals surface area contributed by atoms with E-state index in [9.17, 15) is 18.6 Å². The van der Waals surface area contributed by atoms with Gasteiger partial charge in [-0.25, -0.2) is 4.39 Å². The molecule has 146 valence electrons. The van der Waals surface area contributed by atoms with Crippen LogP contribution in [0.3, 0.4) is 0 Å². The van der Waals surface area contributed by atoms with Crippen LogP contribution in [0.1, 0.15) is 17.0 Å². The van der Waals surface area contributed by atoms with Gasteiger partial charge in [-0.2, -0.15) is 0 Å². The van der Waals surface area contributed by atoms with E-state index in [-0.39, 0.29) is 12.0 Å². The number of benzene rings is 2. The zero-order chi connectivity index (χ0) is 20.3. The smallest absolute Gasteiger partial charge is 0.232 e. The third-order valence-electron chi connectivity index (χ3n) is 4.40. The number of fused-ring (bicyclic) bond motifs is 1. The Morgan fingerprint density at radius 2 is 2.14 bits per heavy atom. The van der Waals surface area contributed by atoms with Crippen molar-refractivity contribution in [3.8, 4) is 0 Å². The van der Waals surface area contributed by atoms with Gasteiger partial charge in [0.1, 0.15) is 5.82 Å². The monoisotopic (exact) mass is 420 g/mol.